The molecule has 2 aromatic carbocycles. The molecule has 0 unspecified atom stereocenters. The number of para-hydroxylation sites is 1. The fraction of sp³-hybridized carbons (Fsp3) is 0.333. The van der Waals surface area contributed by atoms with Crippen molar-refractivity contribution in [3.63, 3.8) is 0 Å². The van der Waals surface area contributed by atoms with Gasteiger partial charge >= 0.3 is 5.97 Å². The van der Waals surface area contributed by atoms with Gasteiger partial charge in [0.25, 0.3) is 5.91 Å². The van der Waals surface area contributed by atoms with E-state index in [2.05, 4.69) is 10.2 Å². The Balaban J connectivity index is 1.39. The number of ether oxygens (including phenoxy) is 2. The maximum atomic E-state index is 11.9. The van der Waals surface area contributed by atoms with E-state index in [1.54, 1.807) is 12.1 Å². The van der Waals surface area contributed by atoms with Gasteiger partial charge in [-0.05, 0) is 55.7 Å². The average molecular weight is 368 g/mol. The summed E-state index contributed by atoms with van der Waals surface area (Å²) in [6, 6.07) is 16.7. The van der Waals surface area contributed by atoms with E-state index >= 15 is 0 Å². The van der Waals surface area contributed by atoms with Crippen LogP contribution >= 0.6 is 0 Å². The number of nitrogens with one attached hydrogen (secondary N) is 1. The van der Waals surface area contributed by atoms with Crippen LogP contribution in [-0.4, -0.2) is 38.2 Å². The number of carbonyl (C=O) groups excluding carboxylic acids is 2. The van der Waals surface area contributed by atoms with Crippen LogP contribution in [0.4, 0.5) is 11.4 Å². The number of esters is 1. The Kier molecular flexibility index (Phi) is 6.68. The molecular formula is C21H24N2O4. The predicted molar refractivity (Wildman–Crippen MR) is 104 cm³/mol. The summed E-state index contributed by atoms with van der Waals surface area (Å²) in [6.45, 7) is 1.58. The van der Waals surface area contributed by atoms with Crippen molar-refractivity contribution in [2.45, 2.75) is 19.3 Å². The van der Waals surface area contributed by atoms with Gasteiger partial charge in [-0.1, -0.05) is 18.2 Å². The number of piperidine rings is 1. The number of nitrogens with zero attached hydrogens (tertiary/aromatic N) is 1. The summed E-state index contributed by atoms with van der Waals surface area (Å²) in [5.74, 6) is -0.393. The van der Waals surface area contributed by atoms with Crippen molar-refractivity contribution in [1.82, 2.24) is 0 Å². The highest BCUT2D eigenvalue weighted by Crippen LogP contribution is 2.21. The first-order valence-electron chi connectivity index (χ1n) is 9.19. The monoisotopic (exact) mass is 368 g/mol. The van der Waals surface area contributed by atoms with E-state index in [0.29, 0.717) is 11.4 Å². The van der Waals surface area contributed by atoms with Crippen LogP contribution in [0, 0.1) is 0 Å². The Labute approximate surface area is 159 Å². The smallest absolute Gasteiger partial charge is 0.344 e. The molecule has 1 N–H and O–H groups in total. The minimum absolute atomic E-state index is 0.234. The van der Waals surface area contributed by atoms with Gasteiger partial charge in [0.15, 0.2) is 13.2 Å². The third-order valence-corrected chi connectivity index (χ3v) is 4.34. The molecule has 1 aliphatic heterocycles. The molecule has 1 fully saturated rings. The summed E-state index contributed by atoms with van der Waals surface area (Å²) in [4.78, 5) is 25.9. The van der Waals surface area contributed by atoms with Crippen LogP contribution in [0.3, 0.4) is 0 Å². The molecule has 1 aliphatic rings. The van der Waals surface area contributed by atoms with Crippen LogP contribution in [0.1, 0.15) is 19.3 Å². The summed E-state index contributed by atoms with van der Waals surface area (Å²) >= 11 is 0. The van der Waals surface area contributed by atoms with E-state index in [1.165, 1.54) is 19.3 Å². The first-order chi connectivity index (χ1) is 13.2. The van der Waals surface area contributed by atoms with Crippen LogP contribution in [-0.2, 0) is 14.3 Å². The molecule has 1 amide bonds. The SMILES string of the molecule is O=C(COC(=O)COc1ccccc1)Nc1ccc(N2CCCCC2)cc1. The lowest BCUT2D eigenvalue weighted by molar-refractivity contribution is -0.149. The summed E-state index contributed by atoms with van der Waals surface area (Å²) < 4.78 is 10.2. The molecule has 0 bridgehead atoms. The number of amides is 1. The van der Waals surface area contributed by atoms with Crippen molar-refractivity contribution < 1.29 is 19.1 Å². The molecule has 1 heterocycles. The van der Waals surface area contributed by atoms with Gasteiger partial charge in [-0.2, -0.15) is 0 Å². The zero-order valence-corrected chi connectivity index (χ0v) is 15.2. The van der Waals surface area contributed by atoms with Crippen molar-refractivity contribution in [3.05, 3.63) is 54.6 Å². The van der Waals surface area contributed by atoms with E-state index in [1.807, 2.05) is 42.5 Å². The van der Waals surface area contributed by atoms with Crippen LogP contribution in [0.25, 0.3) is 0 Å². The van der Waals surface area contributed by atoms with Crippen molar-refractivity contribution >= 4 is 23.3 Å². The molecule has 6 heteroatoms. The minimum atomic E-state index is -0.588. The largest absolute Gasteiger partial charge is 0.482 e. The maximum absolute atomic E-state index is 11.9. The predicted octanol–water partition coefficient (Wildman–Crippen LogP) is 3.24. The van der Waals surface area contributed by atoms with Crippen LogP contribution in [0.2, 0.25) is 0 Å². The van der Waals surface area contributed by atoms with E-state index in [0.717, 1.165) is 18.8 Å². The van der Waals surface area contributed by atoms with Crippen LogP contribution < -0.4 is 15.0 Å². The number of carbonyl (C=O) groups is 2. The van der Waals surface area contributed by atoms with Gasteiger partial charge < -0.3 is 19.7 Å². The highest BCUT2D eigenvalue weighted by atomic mass is 16.6. The van der Waals surface area contributed by atoms with Gasteiger partial charge in [0.1, 0.15) is 5.75 Å². The van der Waals surface area contributed by atoms with Gasteiger partial charge in [0, 0.05) is 24.5 Å². The summed E-state index contributed by atoms with van der Waals surface area (Å²) in [5, 5.41) is 2.73. The summed E-state index contributed by atoms with van der Waals surface area (Å²) in [6.07, 6.45) is 3.73. The first kappa shape index (κ1) is 18.8. The molecule has 2 aromatic rings. The molecule has 3 rings (SSSR count). The van der Waals surface area contributed by atoms with Crippen LogP contribution in [0.15, 0.2) is 54.6 Å². The lowest BCUT2D eigenvalue weighted by atomic mass is 10.1. The fourth-order valence-corrected chi connectivity index (χ4v) is 2.95. The fourth-order valence-electron chi connectivity index (χ4n) is 2.95. The Morgan fingerprint density at radius 2 is 1.59 bits per heavy atom. The molecule has 0 aliphatic carbocycles. The normalized spacial score (nSPS) is 13.7. The molecule has 0 aromatic heterocycles. The Morgan fingerprint density at radius 3 is 2.30 bits per heavy atom. The molecule has 0 saturated carbocycles. The van der Waals surface area contributed by atoms with E-state index in [9.17, 15) is 9.59 Å². The maximum Gasteiger partial charge on any atom is 0.344 e. The van der Waals surface area contributed by atoms with E-state index < -0.39 is 5.97 Å². The summed E-state index contributed by atoms with van der Waals surface area (Å²) in [5.41, 5.74) is 1.84. The second kappa shape index (κ2) is 9.62. The quantitative estimate of drug-likeness (QED) is 0.760. The summed E-state index contributed by atoms with van der Waals surface area (Å²) in [7, 11) is 0. The van der Waals surface area contributed by atoms with Crippen molar-refractivity contribution in [2.24, 2.45) is 0 Å². The van der Waals surface area contributed by atoms with Gasteiger partial charge in [0.2, 0.25) is 0 Å². The lowest BCUT2D eigenvalue weighted by Gasteiger charge is -2.28. The molecule has 27 heavy (non-hydrogen) atoms. The average Bonchev–Trinajstić information content (AvgIpc) is 2.73. The highest BCUT2D eigenvalue weighted by molar-refractivity contribution is 5.93. The Morgan fingerprint density at radius 1 is 0.889 bits per heavy atom. The van der Waals surface area contributed by atoms with Gasteiger partial charge in [-0.25, -0.2) is 4.79 Å². The Hall–Kier alpha value is -3.02. The highest BCUT2D eigenvalue weighted by Gasteiger charge is 2.12. The number of rotatable bonds is 7. The molecule has 0 radical (unpaired) electrons. The lowest BCUT2D eigenvalue weighted by Crippen LogP contribution is -2.29. The molecule has 142 valence electrons. The van der Waals surface area contributed by atoms with Crippen molar-refractivity contribution in [3.8, 4) is 5.75 Å². The van der Waals surface area contributed by atoms with Gasteiger partial charge in [0.05, 0.1) is 0 Å². The van der Waals surface area contributed by atoms with E-state index in [4.69, 9.17) is 9.47 Å². The zero-order chi connectivity index (χ0) is 18.9. The third kappa shape index (κ3) is 6.02. The molecule has 0 atom stereocenters. The van der Waals surface area contributed by atoms with Gasteiger partial charge in [-0.3, -0.25) is 4.79 Å². The second-order valence-electron chi connectivity index (χ2n) is 6.41. The number of benzene rings is 2. The van der Waals surface area contributed by atoms with Gasteiger partial charge in [-0.15, -0.1) is 0 Å². The van der Waals surface area contributed by atoms with Crippen molar-refractivity contribution in [2.75, 3.05) is 36.5 Å². The number of hydrogen-bond acceptors (Lipinski definition) is 5. The molecule has 6 nitrogen and oxygen atoms in total. The number of hydrogen-bond donors (Lipinski definition) is 1. The zero-order valence-electron chi connectivity index (χ0n) is 15.2. The number of anilines is 2. The third-order valence-electron chi connectivity index (χ3n) is 4.34. The standard InChI is InChI=1S/C21H24N2O4/c24-20(15-27-21(25)16-26-19-7-3-1-4-8-19)22-17-9-11-18(12-10-17)23-13-5-2-6-14-23/h1,3-4,7-12H,2,5-6,13-16H2,(H,22,24). The first-order valence-corrected chi connectivity index (χ1v) is 9.19. The second-order valence-corrected chi connectivity index (χ2v) is 6.41. The van der Waals surface area contributed by atoms with Crippen molar-refractivity contribution in [1.29, 1.82) is 0 Å². The van der Waals surface area contributed by atoms with Crippen LogP contribution in [0.5, 0.6) is 5.75 Å². The molecular weight excluding hydrogens is 344 g/mol. The molecule has 0 spiro atoms. The minimum Gasteiger partial charge on any atom is -0.482 e. The topological polar surface area (TPSA) is 67.9 Å². The Bertz CT molecular complexity index is 741. The molecule has 1 saturated heterocycles. The van der Waals surface area contributed by atoms with E-state index in [-0.39, 0.29) is 19.1 Å².